The molecule has 2 unspecified atom stereocenters. The van der Waals surface area contributed by atoms with Crippen LogP contribution in [0.25, 0.3) is 0 Å². The SMILES string of the molecule is N#Cc1cnc(NC2CC2c2ccccc2)c(N)c1. The lowest BCUT2D eigenvalue weighted by molar-refractivity contribution is 1.03. The van der Waals surface area contributed by atoms with Crippen molar-refractivity contribution in [3.8, 4) is 6.07 Å². The van der Waals surface area contributed by atoms with Gasteiger partial charge >= 0.3 is 0 Å². The summed E-state index contributed by atoms with van der Waals surface area (Å²) in [5, 5.41) is 12.1. The predicted molar refractivity (Wildman–Crippen MR) is 74.6 cm³/mol. The molecule has 0 spiro atoms. The third kappa shape index (κ3) is 2.36. The highest BCUT2D eigenvalue weighted by atomic mass is 15.1. The Hall–Kier alpha value is -2.54. The Labute approximate surface area is 111 Å². The monoisotopic (exact) mass is 250 g/mol. The fraction of sp³-hybridized carbons (Fsp3) is 0.200. The standard InChI is InChI=1S/C15H14N4/c16-8-10-6-13(17)15(18-9-10)19-14-7-12(14)11-4-2-1-3-5-11/h1-6,9,12,14H,7,17H2,(H,18,19). The van der Waals surface area contributed by atoms with E-state index in [9.17, 15) is 0 Å². The zero-order chi connectivity index (χ0) is 13.2. The van der Waals surface area contributed by atoms with Crippen LogP contribution in [0.15, 0.2) is 42.6 Å². The van der Waals surface area contributed by atoms with E-state index < -0.39 is 0 Å². The van der Waals surface area contributed by atoms with Gasteiger partial charge in [-0.25, -0.2) is 4.98 Å². The minimum Gasteiger partial charge on any atom is -0.396 e. The van der Waals surface area contributed by atoms with Crippen molar-refractivity contribution in [3.63, 3.8) is 0 Å². The molecule has 0 saturated heterocycles. The van der Waals surface area contributed by atoms with Gasteiger partial charge in [0.25, 0.3) is 0 Å². The summed E-state index contributed by atoms with van der Waals surface area (Å²) in [6.07, 6.45) is 2.63. The normalized spacial score (nSPS) is 20.6. The van der Waals surface area contributed by atoms with Crippen molar-refractivity contribution in [2.75, 3.05) is 11.1 Å². The molecule has 94 valence electrons. The van der Waals surface area contributed by atoms with Crippen LogP contribution in [0.4, 0.5) is 11.5 Å². The number of benzene rings is 1. The molecule has 0 amide bonds. The first-order valence-electron chi connectivity index (χ1n) is 6.25. The number of hydrogen-bond acceptors (Lipinski definition) is 4. The second kappa shape index (κ2) is 4.62. The number of anilines is 2. The van der Waals surface area contributed by atoms with Gasteiger partial charge in [0.05, 0.1) is 11.3 Å². The van der Waals surface area contributed by atoms with E-state index >= 15 is 0 Å². The maximum absolute atomic E-state index is 8.77. The molecule has 0 aliphatic heterocycles. The van der Waals surface area contributed by atoms with Crippen LogP contribution in [0.2, 0.25) is 0 Å². The summed E-state index contributed by atoms with van der Waals surface area (Å²) in [5.74, 6) is 1.19. The number of nitrogens with one attached hydrogen (secondary N) is 1. The van der Waals surface area contributed by atoms with Crippen LogP contribution in [0.5, 0.6) is 0 Å². The van der Waals surface area contributed by atoms with Crippen molar-refractivity contribution in [1.82, 2.24) is 4.98 Å². The molecule has 2 aromatic rings. The average molecular weight is 250 g/mol. The summed E-state index contributed by atoms with van der Waals surface area (Å²) in [6, 6.07) is 14.5. The Morgan fingerprint density at radius 2 is 2.11 bits per heavy atom. The molecule has 1 aliphatic carbocycles. The van der Waals surface area contributed by atoms with Gasteiger partial charge in [-0.2, -0.15) is 5.26 Å². The summed E-state index contributed by atoms with van der Waals surface area (Å²) in [7, 11) is 0. The molecule has 1 saturated carbocycles. The first-order valence-corrected chi connectivity index (χ1v) is 6.25. The third-order valence-corrected chi connectivity index (χ3v) is 3.39. The molecular formula is C15H14N4. The summed E-state index contributed by atoms with van der Waals surface area (Å²) < 4.78 is 0. The van der Waals surface area contributed by atoms with Gasteiger partial charge in [0.1, 0.15) is 11.9 Å². The number of pyridine rings is 1. The largest absolute Gasteiger partial charge is 0.396 e. The summed E-state index contributed by atoms with van der Waals surface area (Å²) >= 11 is 0. The highest BCUT2D eigenvalue weighted by Crippen LogP contribution is 2.43. The van der Waals surface area contributed by atoms with Gasteiger partial charge in [-0.05, 0) is 18.1 Å². The Kier molecular flexibility index (Phi) is 2.81. The smallest absolute Gasteiger partial charge is 0.149 e. The zero-order valence-electron chi connectivity index (χ0n) is 10.4. The van der Waals surface area contributed by atoms with E-state index in [2.05, 4.69) is 34.6 Å². The van der Waals surface area contributed by atoms with E-state index in [0.717, 1.165) is 6.42 Å². The average Bonchev–Trinajstić information content (AvgIpc) is 3.21. The van der Waals surface area contributed by atoms with E-state index in [-0.39, 0.29) is 0 Å². The van der Waals surface area contributed by atoms with Gasteiger partial charge in [-0.1, -0.05) is 30.3 Å². The first kappa shape index (κ1) is 11.5. The second-order valence-electron chi connectivity index (χ2n) is 4.78. The number of rotatable bonds is 3. The van der Waals surface area contributed by atoms with Gasteiger partial charge in [-0.15, -0.1) is 0 Å². The number of nitrogen functional groups attached to an aromatic ring is 1. The van der Waals surface area contributed by atoms with Gasteiger partial charge in [-0.3, -0.25) is 0 Å². The van der Waals surface area contributed by atoms with Crippen LogP contribution in [-0.4, -0.2) is 11.0 Å². The van der Waals surface area contributed by atoms with Crippen molar-refractivity contribution in [3.05, 3.63) is 53.7 Å². The number of nitrogens with zero attached hydrogens (tertiary/aromatic N) is 2. The van der Waals surface area contributed by atoms with E-state index in [0.29, 0.717) is 29.0 Å². The van der Waals surface area contributed by atoms with Crippen molar-refractivity contribution >= 4 is 11.5 Å². The minimum atomic E-state index is 0.380. The van der Waals surface area contributed by atoms with Crippen molar-refractivity contribution < 1.29 is 0 Å². The van der Waals surface area contributed by atoms with E-state index in [1.54, 1.807) is 12.3 Å². The fourth-order valence-electron chi connectivity index (χ4n) is 2.26. The van der Waals surface area contributed by atoms with Crippen LogP contribution >= 0.6 is 0 Å². The molecule has 3 N–H and O–H groups in total. The lowest BCUT2D eigenvalue weighted by Crippen LogP contribution is -2.08. The highest BCUT2D eigenvalue weighted by molar-refractivity contribution is 5.64. The number of aromatic nitrogens is 1. The van der Waals surface area contributed by atoms with Gasteiger partial charge in [0.2, 0.25) is 0 Å². The number of nitriles is 1. The molecule has 1 aromatic heterocycles. The van der Waals surface area contributed by atoms with Gasteiger partial charge in [0.15, 0.2) is 0 Å². The Balaban J connectivity index is 1.70. The fourth-order valence-corrected chi connectivity index (χ4v) is 2.26. The Morgan fingerprint density at radius 1 is 1.32 bits per heavy atom. The molecule has 4 nitrogen and oxygen atoms in total. The molecule has 1 fully saturated rings. The quantitative estimate of drug-likeness (QED) is 0.877. The lowest BCUT2D eigenvalue weighted by atomic mass is 10.1. The van der Waals surface area contributed by atoms with Crippen molar-refractivity contribution in [2.45, 2.75) is 18.4 Å². The molecule has 1 heterocycles. The molecular weight excluding hydrogens is 236 g/mol. The first-order chi connectivity index (χ1) is 9.28. The van der Waals surface area contributed by atoms with Crippen molar-refractivity contribution in [2.24, 2.45) is 0 Å². The molecule has 19 heavy (non-hydrogen) atoms. The maximum Gasteiger partial charge on any atom is 0.149 e. The van der Waals surface area contributed by atoms with E-state index in [4.69, 9.17) is 11.0 Å². The molecule has 2 atom stereocenters. The molecule has 3 rings (SSSR count). The zero-order valence-corrected chi connectivity index (χ0v) is 10.4. The summed E-state index contributed by atoms with van der Waals surface area (Å²) in [4.78, 5) is 4.20. The van der Waals surface area contributed by atoms with Crippen LogP contribution in [-0.2, 0) is 0 Å². The number of nitrogens with two attached hydrogens (primary N) is 1. The van der Waals surface area contributed by atoms with Crippen LogP contribution in [0, 0.1) is 11.3 Å². The number of hydrogen-bond donors (Lipinski definition) is 2. The maximum atomic E-state index is 8.77. The molecule has 1 aliphatic rings. The van der Waals surface area contributed by atoms with Crippen molar-refractivity contribution in [1.29, 1.82) is 5.26 Å². The molecule has 4 heteroatoms. The molecule has 0 radical (unpaired) electrons. The predicted octanol–water partition coefficient (Wildman–Crippen LogP) is 2.50. The Morgan fingerprint density at radius 3 is 2.79 bits per heavy atom. The molecule has 1 aromatic carbocycles. The van der Waals surface area contributed by atoms with Crippen LogP contribution in [0.1, 0.15) is 23.5 Å². The topological polar surface area (TPSA) is 74.7 Å². The second-order valence-corrected chi connectivity index (χ2v) is 4.78. The lowest BCUT2D eigenvalue weighted by Gasteiger charge is -2.08. The van der Waals surface area contributed by atoms with Crippen LogP contribution in [0.3, 0.4) is 0 Å². The van der Waals surface area contributed by atoms with Crippen LogP contribution < -0.4 is 11.1 Å². The van der Waals surface area contributed by atoms with E-state index in [1.165, 1.54) is 5.56 Å². The summed E-state index contributed by atoms with van der Waals surface area (Å²) in [6.45, 7) is 0. The van der Waals surface area contributed by atoms with Gasteiger partial charge < -0.3 is 11.1 Å². The third-order valence-electron chi connectivity index (χ3n) is 3.39. The summed E-state index contributed by atoms with van der Waals surface area (Å²) in [5.41, 5.74) is 8.23. The van der Waals surface area contributed by atoms with Gasteiger partial charge in [0, 0.05) is 18.2 Å². The highest BCUT2D eigenvalue weighted by Gasteiger charge is 2.38. The molecule has 0 bridgehead atoms. The van der Waals surface area contributed by atoms with E-state index in [1.807, 2.05) is 12.1 Å². The Bertz CT molecular complexity index is 630. The minimum absolute atomic E-state index is 0.380.